The van der Waals surface area contributed by atoms with Crippen molar-refractivity contribution in [2.75, 3.05) is 24.2 Å². The Labute approximate surface area is 168 Å². The number of unbranched alkanes of at least 4 members (excludes halogenated alkanes) is 8. The summed E-state index contributed by atoms with van der Waals surface area (Å²) in [5, 5.41) is 10.8. The van der Waals surface area contributed by atoms with Crippen molar-refractivity contribution in [2.45, 2.75) is 64.7 Å². The SMILES string of the molecule is CCOC(=O)c1ccc(NCCCCCCCCCCCSC(=N)N)cc1. The van der Waals surface area contributed by atoms with Gasteiger partial charge in [0.2, 0.25) is 0 Å². The van der Waals surface area contributed by atoms with Gasteiger partial charge in [0, 0.05) is 18.0 Å². The van der Waals surface area contributed by atoms with Crippen LogP contribution in [0, 0.1) is 5.41 Å². The van der Waals surface area contributed by atoms with Crippen LogP contribution in [0.4, 0.5) is 5.69 Å². The van der Waals surface area contributed by atoms with E-state index >= 15 is 0 Å². The van der Waals surface area contributed by atoms with Gasteiger partial charge in [0.15, 0.2) is 5.17 Å². The molecule has 1 aromatic rings. The Bertz CT molecular complexity index is 535. The molecule has 4 N–H and O–H groups in total. The van der Waals surface area contributed by atoms with Gasteiger partial charge in [-0.3, -0.25) is 5.41 Å². The summed E-state index contributed by atoms with van der Waals surface area (Å²) in [7, 11) is 0. The number of anilines is 1. The lowest BCUT2D eigenvalue weighted by molar-refractivity contribution is 0.0526. The molecule has 0 aliphatic heterocycles. The van der Waals surface area contributed by atoms with Gasteiger partial charge < -0.3 is 15.8 Å². The van der Waals surface area contributed by atoms with Gasteiger partial charge in [-0.25, -0.2) is 4.79 Å². The molecule has 0 saturated heterocycles. The molecule has 1 aromatic carbocycles. The fourth-order valence-electron chi connectivity index (χ4n) is 2.82. The average molecular weight is 394 g/mol. The molecule has 152 valence electrons. The second-order valence-electron chi connectivity index (χ2n) is 6.62. The van der Waals surface area contributed by atoms with Crippen LogP contribution in [0.2, 0.25) is 0 Å². The number of nitrogens with one attached hydrogen (secondary N) is 2. The van der Waals surface area contributed by atoms with E-state index in [1.807, 2.05) is 19.1 Å². The largest absolute Gasteiger partial charge is 0.462 e. The molecule has 0 unspecified atom stereocenters. The number of esters is 1. The number of carbonyl (C=O) groups is 1. The van der Waals surface area contributed by atoms with Gasteiger partial charge in [-0.05, 0) is 44.0 Å². The number of rotatable bonds is 15. The first kappa shape index (κ1) is 23.3. The van der Waals surface area contributed by atoms with Crippen LogP contribution in [0.3, 0.4) is 0 Å². The first-order chi connectivity index (χ1) is 13.1. The number of thioether (sulfide) groups is 1. The first-order valence-corrected chi connectivity index (χ1v) is 11.1. The van der Waals surface area contributed by atoms with Crippen LogP contribution in [0.15, 0.2) is 24.3 Å². The van der Waals surface area contributed by atoms with E-state index in [4.69, 9.17) is 15.9 Å². The topological polar surface area (TPSA) is 88.2 Å². The van der Waals surface area contributed by atoms with E-state index in [-0.39, 0.29) is 11.1 Å². The molecule has 0 atom stereocenters. The average Bonchev–Trinajstić information content (AvgIpc) is 2.66. The predicted octanol–water partition coefficient (Wildman–Crippen LogP) is 5.41. The van der Waals surface area contributed by atoms with Crippen molar-refractivity contribution in [3.8, 4) is 0 Å². The van der Waals surface area contributed by atoms with Crippen molar-refractivity contribution in [2.24, 2.45) is 5.73 Å². The molecule has 0 aromatic heterocycles. The molecule has 0 spiro atoms. The molecule has 0 fully saturated rings. The summed E-state index contributed by atoms with van der Waals surface area (Å²) in [4.78, 5) is 11.6. The number of ether oxygens (including phenoxy) is 1. The van der Waals surface area contributed by atoms with E-state index < -0.39 is 0 Å². The predicted molar refractivity (Wildman–Crippen MR) is 117 cm³/mol. The number of amidine groups is 1. The van der Waals surface area contributed by atoms with Crippen molar-refractivity contribution in [3.05, 3.63) is 29.8 Å². The Morgan fingerprint density at radius 2 is 1.56 bits per heavy atom. The second-order valence-corrected chi connectivity index (χ2v) is 7.76. The minimum atomic E-state index is -0.265. The summed E-state index contributed by atoms with van der Waals surface area (Å²) in [5.41, 5.74) is 6.95. The van der Waals surface area contributed by atoms with Crippen LogP contribution in [0.25, 0.3) is 0 Å². The minimum absolute atomic E-state index is 0.234. The monoisotopic (exact) mass is 393 g/mol. The molecular formula is C21H35N3O2S. The standard InChI is InChI=1S/C21H35N3O2S/c1-2-26-20(25)18-12-14-19(15-13-18)24-16-10-8-6-4-3-5-7-9-11-17-27-21(22)23/h12-15,24H,2-11,16-17H2,1H3,(H3,22,23). The third kappa shape index (κ3) is 12.3. The van der Waals surface area contributed by atoms with Gasteiger partial charge in [-0.2, -0.15) is 0 Å². The minimum Gasteiger partial charge on any atom is -0.462 e. The normalized spacial score (nSPS) is 10.6. The maximum absolute atomic E-state index is 11.6. The lowest BCUT2D eigenvalue weighted by Crippen LogP contribution is -2.05. The Hall–Kier alpha value is -1.69. The lowest BCUT2D eigenvalue weighted by atomic mass is 10.1. The zero-order valence-corrected chi connectivity index (χ0v) is 17.4. The summed E-state index contributed by atoms with van der Waals surface area (Å²) in [6.45, 7) is 3.18. The highest BCUT2D eigenvalue weighted by atomic mass is 32.2. The molecule has 0 radical (unpaired) electrons. The maximum atomic E-state index is 11.6. The van der Waals surface area contributed by atoms with Gasteiger partial charge in [0.05, 0.1) is 12.2 Å². The molecule has 27 heavy (non-hydrogen) atoms. The van der Waals surface area contributed by atoms with Crippen molar-refractivity contribution < 1.29 is 9.53 Å². The molecular weight excluding hydrogens is 358 g/mol. The number of nitrogens with two attached hydrogens (primary N) is 1. The summed E-state index contributed by atoms with van der Waals surface area (Å²) in [5.74, 6) is 0.715. The van der Waals surface area contributed by atoms with Crippen LogP contribution < -0.4 is 11.1 Å². The Balaban J connectivity index is 1.93. The van der Waals surface area contributed by atoms with Crippen molar-refractivity contribution >= 4 is 28.6 Å². The van der Waals surface area contributed by atoms with Crippen LogP contribution >= 0.6 is 11.8 Å². The summed E-state index contributed by atoms with van der Waals surface area (Å²) < 4.78 is 4.98. The molecule has 0 aliphatic carbocycles. The first-order valence-electron chi connectivity index (χ1n) is 10.1. The van der Waals surface area contributed by atoms with Gasteiger partial charge in [-0.15, -0.1) is 0 Å². The van der Waals surface area contributed by atoms with Crippen LogP contribution in [-0.4, -0.2) is 30.0 Å². The van der Waals surface area contributed by atoms with Crippen LogP contribution in [0.1, 0.15) is 75.1 Å². The zero-order valence-electron chi connectivity index (χ0n) is 16.6. The Kier molecular flexibility index (Phi) is 13.3. The van der Waals surface area contributed by atoms with Gasteiger partial charge in [-0.1, -0.05) is 56.7 Å². The van der Waals surface area contributed by atoms with Crippen molar-refractivity contribution in [3.63, 3.8) is 0 Å². The molecule has 0 aliphatic rings. The highest BCUT2D eigenvalue weighted by molar-refractivity contribution is 8.13. The van der Waals surface area contributed by atoms with Crippen LogP contribution in [0.5, 0.6) is 0 Å². The lowest BCUT2D eigenvalue weighted by Gasteiger charge is -2.07. The Morgan fingerprint density at radius 3 is 2.11 bits per heavy atom. The maximum Gasteiger partial charge on any atom is 0.338 e. The number of carbonyl (C=O) groups excluding carboxylic acids is 1. The van der Waals surface area contributed by atoms with Crippen molar-refractivity contribution in [1.29, 1.82) is 5.41 Å². The van der Waals surface area contributed by atoms with E-state index in [1.165, 1.54) is 63.1 Å². The third-order valence-electron chi connectivity index (χ3n) is 4.30. The summed E-state index contributed by atoms with van der Waals surface area (Å²) in [6.07, 6.45) is 11.4. The molecule has 0 heterocycles. The number of hydrogen-bond donors (Lipinski definition) is 3. The molecule has 0 bridgehead atoms. The summed E-state index contributed by atoms with van der Waals surface area (Å²) >= 11 is 1.45. The van der Waals surface area contributed by atoms with E-state index in [2.05, 4.69) is 5.32 Å². The van der Waals surface area contributed by atoms with Gasteiger partial charge >= 0.3 is 5.97 Å². The number of hydrogen-bond acceptors (Lipinski definition) is 5. The molecule has 6 heteroatoms. The molecule has 0 amide bonds. The van der Waals surface area contributed by atoms with E-state index in [0.29, 0.717) is 12.2 Å². The number of benzene rings is 1. The highest BCUT2D eigenvalue weighted by Gasteiger charge is 2.05. The molecule has 0 saturated carbocycles. The van der Waals surface area contributed by atoms with Gasteiger partial charge in [0.1, 0.15) is 0 Å². The van der Waals surface area contributed by atoms with Crippen molar-refractivity contribution in [1.82, 2.24) is 0 Å². The second kappa shape index (κ2) is 15.4. The van der Waals surface area contributed by atoms with Crippen LogP contribution in [-0.2, 0) is 4.74 Å². The third-order valence-corrected chi connectivity index (χ3v) is 5.11. The highest BCUT2D eigenvalue weighted by Crippen LogP contribution is 2.13. The van der Waals surface area contributed by atoms with Gasteiger partial charge in [0.25, 0.3) is 0 Å². The fourth-order valence-corrected chi connectivity index (χ4v) is 3.39. The zero-order chi connectivity index (χ0) is 19.7. The van der Waals surface area contributed by atoms with E-state index in [9.17, 15) is 4.79 Å². The quantitative estimate of drug-likeness (QED) is 0.160. The molecule has 1 rings (SSSR count). The van der Waals surface area contributed by atoms with E-state index in [0.717, 1.165) is 24.4 Å². The Morgan fingerprint density at radius 1 is 1.00 bits per heavy atom. The molecule has 5 nitrogen and oxygen atoms in total. The summed E-state index contributed by atoms with van der Waals surface area (Å²) in [6, 6.07) is 7.47. The fraction of sp³-hybridized carbons (Fsp3) is 0.619. The smallest absolute Gasteiger partial charge is 0.338 e. The van der Waals surface area contributed by atoms with E-state index in [1.54, 1.807) is 12.1 Å².